The van der Waals surface area contributed by atoms with Crippen LogP contribution < -0.4 is 20.1 Å². The van der Waals surface area contributed by atoms with E-state index < -0.39 is 0 Å². The number of ether oxygens (including phenoxy) is 2. The maximum Gasteiger partial charge on any atom is 0.263 e. The first-order valence-corrected chi connectivity index (χ1v) is 11.4. The summed E-state index contributed by atoms with van der Waals surface area (Å²) in [5.41, 5.74) is 3.36. The zero-order valence-corrected chi connectivity index (χ0v) is 19.0. The van der Waals surface area contributed by atoms with Gasteiger partial charge in [0.2, 0.25) is 0 Å². The molecular formula is C25H26N6O3. The fourth-order valence-corrected chi connectivity index (χ4v) is 4.54. The Bertz CT molecular complexity index is 1270. The van der Waals surface area contributed by atoms with Crippen LogP contribution in [0.5, 0.6) is 11.5 Å². The van der Waals surface area contributed by atoms with Gasteiger partial charge in [0, 0.05) is 37.3 Å². The fraction of sp³-hybridized carbons (Fsp3) is 0.360. The molecule has 2 aliphatic rings. The van der Waals surface area contributed by atoms with E-state index in [9.17, 15) is 10.1 Å². The van der Waals surface area contributed by atoms with Gasteiger partial charge in [-0.25, -0.2) is 4.98 Å². The number of rotatable bonds is 7. The third kappa shape index (κ3) is 4.64. The molecule has 5 rings (SSSR count). The van der Waals surface area contributed by atoms with E-state index in [1.54, 1.807) is 13.3 Å². The Labute approximate surface area is 197 Å². The molecule has 1 unspecified atom stereocenters. The van der Waals surface area contributed by atoms with E-state index in [1.165, 1.54) is 0 Å². The van der Waals surface area contributed by atoms with Gasteiger partial charge in [-0.05, 0) is 55.3 Å². The smallest absolute Gasteiger partial charge is 0.263 e. The molecular weight excluding hydrogens is 432 g/mol. The lowest BCUT2D eigenvalue weighted by atomic mass is 10.0. The summed E-state index contributed by atoms with van der Waals surface area (Å²) in [5, 5.41) is 16.9. The van der Waals surface area contributed by atoms with Crippen LogP contribution in [0.25, 0.3) is 10.9 Å². The third-order valence-corrected chi connectivity index (χ3v) is 6.36. The molecule has 3 aromatic rings. The van der Waals surface area contributed by atoms with Crippen molar-refractivity contribution < 1.29 is 14.3 Å². The van der Waals surface area contributed by atoms with Crippen molar-refractivity contribution >= 4 is 22.6 Å². The molecule has 2 aliphatic heterocycles. The summed E-state index contributed by atoms with van der Waals surface area (Å²) in [5.74, 6) is 1.67. The van der Waals surface area contributed by atoms with Crippen molar-refractivity contribution in [1.82, 2.24) is 20.2 Å². The van der Waals surface area contributed by atoms with Crippen molar-refractivity contribution in [2.24, 2.45) is 0 Å². The summed E-state index contributed by atoms with van der Waals surface area (Å²) in [6.07, 6.45) is 3.48. The molecule has 9 nitrogen and oxygen atoms in total. The molecule has 0 saturated carbocycles. The largest absolute Gasteiger partial charge is 0.497 e. The minimum atomic E-state index is -0.184. The minimum absolute atomic E-state index is 0.0306. The van der Waals surface area contributed by atoms with E-state index in [4.69, 9.17) is 9.47 Å². The number of aromatic nitrogens is 2. The monoisotopic (exact) mass is 458 g/mol. The number of hydrogen-bond acceptors (Lipinski definition) is 8. The first kappa shape index (κ1) is 22.1. The van der Waals surface area contributed by atoms with Crippen LogP contribution in [-0.2, 0) is 17.8 Å². The molecule has 174 valence electrons. The van der Waals surface area contributed by atoms with Gasteiger partial charge >= 0.3 is 0 Å². The van der Waals surface area contributed by atoms with Crippen molar-refractivity contribution in [3.8, 4) is 17.6 Å². The number of likely N-dealkylation sites (tertiary alicyclic amines) is 1. The molecule has 9 heteroatoms. The third-order valence-electron chi connectivity index (χ3n) is 6.36. The predicted molar refractivity (Wildman–Crippen MR) is 127 cm³/mol. The topological polar surface area (TPSA) is 112 Å². The van der Waals surface area contributed by atoms with Crippen molar-refractivity contribution in [1.29, 1.82) is 5.26 Å². The van der Waals surface area contributed by atoms with E-state index in [2.05, 4.69) is 31.6 Å². The van der Waals surface area contributed by atoms with Gasteiger partial charge in [0.05, 0.1) is 23.9 Å². The summed E-state index contributed by atoms with van der Waals surface area (Å²) >= 11 is 0. The van der Waals surface area contributed by atoms with Gasteiger partial charge in [-0.15, -0.1) is 0 Å². The van der Waals surface area contributed by atoms with Crippen molar-refractivity contribution in [2.75, 3.05) is 38.7 Å². The van der Waals surface area contributed by atoms with E-state index in [-0.39, 0.29) is 12.5 Å². The van der Waals surface area contributed by atoms with Gasteiger partial charge in [-0.3, -0.25) is 9.78 Å². The highest BCUT2D eigenvalue weighted by Crippen LogP contribution is 2.27. The molecule has 1 atom stereocenters. The van der Waals surface area contributed by atoms with Crippen LogP contribution >= 0.6 is 0 Å². The van der Waals surface area contributed by atoms with Crippen molar-refractivity contribution in [2.45, 2.75) is 25.4 Å². The standard InChI is InChI=1S/C25H26N6O3/c1-33-19-3-4-22-21(10-19)20(16(11-26)12-28-22)7-9-31-8-6-18(14-31)27-13-17-2-5-23-25(29-17)30-24(32)15-34-23/h2-5,10,12,18,27H,6-9,13-15H2,1H3,(H,29,30,32). The summed E-state index contributed by atoms with van der Waals surface area (Å²) < 4.78 is 10.7. The number of carbonyl (C=O) groups excluding carboxylic acids is 1. The lowest BCUT2D eigenvalue weighted by Gasteiger charge is -2.19. The lowest BCUT2D eigenvalue weighted by Crippen LogP contribution is -2.33. The van der Waals surface area contributed by atoms with E-state index in [0.29, 0.717) is 29.7 Å². The Morgan fingerprint density at radius 1 is 1.35 bits per heavy atom. The lowest BCUT2D eigenvalue weighted by molar-refractivity contribution is -0.118. The second-order valence-electron chi connectivity index (χ2n) is 8.55. The average Bonchev–Trinajstić information content (AvgIpc) is 3.33. The number of anilines is 1. The first-order chi connectivity index (χ1) is 16.6. The van der Waals surface area contributed by atoms with Gasteiger partial charge in [0.1, 0.15) is 11.8 Å². The Hall–Kier alpha value is -3.74. The van der Waals surface area contributed by atoms with E-state index in [1.807, 2.05) is 30.3 Å². The second-order valence-corrected chi connectivity index (χ2v) is 8.55. The molecule has 2 N–H and O–H groups in total. The summed E-state index contributed by atoms with van der Waals surface area (Å²) in [6, 6.07) is 12.2. The number of pyridine rings is 2. The molecule has 0 spiro atoms. The number of carbonyl (C=O) groups is 1. The number of nitrogens with zero attached hydrogens (tertiary/aromatic N) is 4. The molecule has 34 heavy (non-hydrogen) atoms. The Balaban J connectivity index is 1.19. The number of hydrogen-bond donors (Lipinski definition) is 2. The maximum absolute atomic E-state index is 11.5. The number of nitrogens with one attached hydrogen (secondary N) is 2. The number of methoxy groups -OCH3 is 1. The quantitative estimate of drug-likeness (QED) is 0.554. The van der Waals surface area contributed by atoms with Crippen LogP contribution in [0.4, 0.5) is 5.82 Å². The highest BCUT2D eigenvalue weighted by Gasteiger charge is 2.23. The zero-order chi connectivity index (χ0) is 23.5. The van der Waals surface area contributed by atoms with Gasteiger partial charge < -0.3 is 25.0 Å². The van der Waals surface area contributed by atoms with Crippen LogP contribution in [0.15, 0.2) is 36.5 Å². The minimum Gasteiger partial charge on any atom is -0.497 e. The van der Waals surface area contributed by atoms with Gasteiger partial charge in [-0.2, -0.15) is 5.26 Å². The molecule has 0 bridgehead atoms. The van der Waals surface area contributed by atoms with Crippen molar-refractivity contribution in [3.05, 3.63) is 53.3 Å². The Morgan fingerprint density at radius 3 is 3.12 bits per heavy atom. The number of fused-ring (bicyclic) bond motifs is 2. The molecule has 0 aliphatic carbocycles. The summed E-state index contributed by atoms with van der Waals surface area (Å²) in [4.78, 5) is 22.9. The zero-order valence-electron chi connectivity index (χ0n) is 19.0. The van der Waals surface area contributed by atoms with Crippen LogP contribution in [-0.4, -0.2) is 60.2 Å². The molecule has 1 aromatic carbocycles. The fourth-order valence-electron chi connectivity index (χ4n) is 4.54. The van der Waals surface area contributed by atoms with Crippen molar-refractivity contribution in [3.63, 3.8) is 0 Å². The number of nitriles is 1. The normalized spacial score (nSPS) is 17.6. The van der Waals surface area contributed by atoms with Gasteiger partial charge in [0.25, 0.3) is 5.91 Å². The molecule has 4 heterocycles. The molecule has 1 fully saturated rings. The molecule has 0 radical (unpaired) electrons. The SMILES string of the molecule is COc1ccc2ncc(C#N)c(CCN3CCC(NCc4ccc5c(n4)NC(=O)CO5)C3)c2c1. The summed E-state index contributed by atoms with van der Waals surface area (Å²) in [6.45, 7) is 3.44. The maximum atomic E-state index is 11.5. The highest BCUT2D eigenvalue weighted by molar-refractivity contribution is 5.94. The first-order valence-electron chi connectivity index (χ1n) is 11.4. The van der Waals surface area contributed by atoms with Crippen LogP contribution in [0.2, 0.25) is 0 Å². The highest BCUT2D eigenvalue weighted by atomic mass is 16.5. The van der Waals surface area contributed by atoms with Crippen LogP contribution in [0.1, 0.15) is 23.2 Å². The number of amides is 1. The van der Waals surface area contributed by atoms with Gasteiger partial charge in [0.15, 0.2) is 18.2 Å². The molecule has 1 amide bonds. The van der Waals surface area contributed by atoms with E-state index >= 15 is 0 Å². The van der Waals surface area contributed by atoms with E-state index in [0.717, 1.165) is 60.4 Å². The van der Waals surface area contributed by atoms with Gasteiger partial charge in [-0.1, -0.05) is 0 Å². The number of benzene rings is 1. The molecule has 1 saturated heterocycles. The Morgan fingerprint density at radius 2 is 2.26 bits per heavy atom. The van der Waals surface area contributed by atoms with Crippen LogP contribution in [0.3, 0.4) is 0 Å². The average molecular weight is 459 g/mol. The second kappa shape index (κ2) is 9.63. The Kier molecular flexibility index (Phi) is 6.25. The molecule has 2 aromatic heterocycles. The summed E-state index contributed by atoms with van der Waals surface area (Å²) in [7, 11) is 1.64. The van der Waals surface area contributed by atoms with Crippen LogP contribution in [0, 0.1) is 11.3 Å². The predicted octanol–water partition coefficient (Wildman–Crippen LogP) is 2.25.